The van der Waals surface area contributed by atoms with E-state index in [-0.39, 0.29) is 11.3 Å². The van der Waals surface area contributed by atoms with Gasteiger partial charge in [-0.2, -0.15) is 0 Å². The van der Waals surface area contributed by atoms with Crippen molar-refractivity contribution in [3.8, 4) is 0 Å². The molecule has 0 bridgehead atoms. The van der Waals surface area contributed by atoms with Gasteiger partial charge in [-0.15, -0.1) is 0 Å². The molecule has 0 radical (unpaired) electrons. The van der Waals surface area contributed by atoms with Crippen molar-refractivity contribution in [3.05, 3.63) is 29.8 Å². The number of piperidine rings is 1. The fourth-order valence-corrected chi connectivity index (χ4v) is 2.87. The van der Waals surface area contributed by atoms with Gasteiger partial charge in [0.15, 0.2) is 0 Å². The van der Waals surface area contributed by atoms with Crippen LogP contribution in [-0.2, 0) is 4.79 Å². The van der Waals surface area contributed by atoms with E-state index in [1.807, 2.05) is 24.1 Å². The van der Waals surface area contributed by atoms with Crippen LogP contribution in [0.15, 0.2) is 24.3 Å². The quantitative estimate of drug-likeness (QED) is 0.906. The van der Waals surface area contributed by atoms with E-state index in [2.05, 4.69) is 31.3 Å². The minimum absolute atomic E-state index is 0.176. The van der Waals surface area contributed by atoms with Gasteiger partial charge in [-0.05, 0) is 51.4 Å². The molecule has 0 unspecified atom stereocenters. The molecule has 1 fully saturated rings. The second kappa shape index (κ2) is 5.74. The van der Waals surface area contributed by atoms with Gasteiger partial charge in [0.25, 0.3) is 0 Å². The van der Waals surface area contributed by atoms with E-state index in [1.165, 1.54) is 5.56 Å². The summed E-state index contributed by atoms with van der Waals surface area (Å²) < 4.78 is 0. The molecule has 3 nitrogen and oxygen atoms in total. The molecule has 0 saturated carbocycles. The number of aryl methyl sites for hydroxylation is 1. The Morgan fingerprint density at radius 1 is 1.26 bits per heavy atom. The molecule has 1 aromatic carbocycles. The van der Waals surface area contributed by atoms with Gasteiger partial charge in [0, 0.05) is 12.7 Å². The highest BCUT2D eigenvalue weighted by atomic mass is 16.2. The molecule has 104 valence electrons. The summed E-state index contributed by atoms with van der Waals surface area (Å²) >= 11 is 0. The topological polar surface area (TPSA) is 32.3 Å². The van der Waals surface area contributed by atoms with Crippen molar-refractivity contribution in [1.29, 1.82) is 0 Å². The van der Waals surface area contributed by atoms with Gasteiger partial charge in [-0.25, -0.2) is 0 Å². The monoisotopic (exact) mass is 260 g/mol. The lowest BCUT2D eigenvalue weighted by Gasteiger charge is -2.38. The third-order valence-corrected chi connectivity index (χ3v) is 4.42. The van der Waals surface area contributed by atoms with Crippen molar-refractivity contribution < 1.29 is 4.79 Å². The summed E-state index contributed by atoms with van der Waals surface area (Å²) in [5, 5.41) is 3.34. The van der Waals surface area contributed by atoms with Gasteiger partial charge in [-0.1, -0.05) is 24.6 Å². The normalized spacial score (nSPS) is 18.1. The molecule has 3 heteroatoms. The van der Waals surface area contributed by atoms with Gasteiger partial charge in [0.2, 0.25) is 5.91 Å². The molecule has 1 aliphatic heterocycles. The maximum atomic E-state index is 12.8. The zero-order chi connectivity index (χ0) is 13.9. The highest BCUT2D eigenvalue weighted by Crippen LogP contribution is 2.35. The van der Waals surface area contributed by atoms with Gasteiger partial charge in [-0.3, -0.25) is 4.79 Å². The van der Waals surface area contributed by atoms with Crippen LogP contribution in [0.5, 0.6) is 0 Å². The fourth-order valence-electron chi connectivity index (χ4n) is 2.87. The molecule has 1 N–H and O–H groups in total. The first kappa shape index (κ1) is 14.1. The van der Waals surface area contributed by atoms with Crippen LogP contribution in [-0.4, -0.2) is 26.0 Å². The standard InChI is InChI=1S/C16H24N2O/c1-4-16(9-11-17-12-10-16)15(19)18(3)14-7-5-13(2)6-8-14/h5-8,17H,4,9-12H2,1-3H3. The van der Waals surface area contributed by atoms with Gasteiger partial charge in [0.05, 0.1) is 5.41 Å². The molecular formula is C16H24N2O. The number of nitrogens with one attached hydrogen (secondary N) is 1. The maximum absolute atomic E-state index is 12.8. The van der Waals surface area contributed by atoms with Gasteiger partial charge in [0.1, 0.15) is 0 Å². The maximum Gasteiger partial charge on any atom is 0.233 e. The first-order chi connectivity index (χ1) is 9.09. The van der Waals surface area contributed by atoms with Crippen LogP contribution in [0.25, 0.3) is 0 Å². The fraction of sp³-hybridized carbons (Fsp3) is 0.562. The molecule has 19 heavy (non-hydrogen) atoms. The van der Waals surface area contributed by atoms with E-state index >= 15 is 0 Å². The second-order valence-electron chi connectivity index (χ2n) is 5.58. The minimum Gasteiger partial charge on any atom is -0.317 e. The summed E-state index contributed by atoms with van der Waals surface area (Å²) in [6.07, 6.45) is 2.81. The van der Waals surface area contributed by atoms with E-state index < -0.39 is 0 Å². The molecule has 0 spiro atoms. The number of carbonyl (C=O) groups is 1. The molecular weight excluding hydrogens is 236 g/mol. The van der Waals surface area contributed by atoms with Crippen molar-refractivity contribution in [1.82, 2.24) is 5.32 Å². The number of carbonyl (C=O) groups excluding carboxylic acids is 1. The summed E-state index contributed by atoms with van der Waals surface area (Å²) in [6, 6.07) is 8.16. The summed E-state index contributed by atoms with van der Waals surface area (Å²) in [7, 11) is 1.90. The van der Waals surface area contributed by atoms with E-state index in [0.29, 0.717) is 0 Å². The molecule has 1 saturated heterocycles. The van der Waals surface area contributed by atoms with Crippen LogP contribution in [0.4, 0.5) is 5.69 Å². The molecule has 0 atom stereocenters. The second-order valence-corrected chi connectivity index (χ2v) is 5.58. The Hall–Kier alpha value is -1.35. The third-order valence-electron chi connectivity index (χ3n) is 4.42. The molecule has 2 rings (SSSR count). The average molecular weight is 260 g/mol. The molecule has 0 aliphatic carbocycles. The van der Waals surface area contributed by atoms with Crippen molar-refractivity contribution >= 4 is 11.6 Å². The Kier molecular flexibility index (Phi) is 4.25. The van der Waals surface area contributed by atoms with Gasteiger partial charge < -0.3 is 10.2 Å². The smallest absolute Gasteiger partial charge is 0.233 e. The predicted octanol–water partition coefficient (Wildman–Crippen LogP) is 2.74. The first-order valence-electron chi connectivity index (χ1n) is 7.14. The zero-order valence-corrected chi connectivity index (χ0v) is 12.2. The van der Waals surface area contributed by atoms with Crippen LogP contribution in [0.3, 0.4) is 0 Å². The Labute approximate surface area is 116 Å². The van der Waals surface area contributed by atoms with Crippen LogP contribution in [0.2, 0.25) is 0 Å². The lowest BCUT2D eigenvalue weighted by Crippen LogP contribution is -2.48. The lowest BCUT2D eigenvalue weighted by molar-refractivity contribution is -0.129. The molecule has 1 amide bonds. The summed E-state index contributed by atoms with van der Waals surface area (Å²) in [4.78, 5) is 14.7. The lowest BCUT2D eigenvalue weighted by atomic mass is 9.75. The Morgan fingerprint density at radius 3 is 2.37 bits per heavy atom. The number of benzene rings is 1. The Bertz CT molecular complexity index is 433. The summed E-state index contributed by atoms with van der Waals surface area (Å²) in [6.45, 7) is 6.08. The summed E-state index contributed by atoms with van der Waals surface area (Å²) in [5.74, 6) is 0.264. The number of amides is 1. The first-order valence-corrected chi connectivity index (χ1v) is 7.14. The largest absolute Gasteiger partial charge is 0.317 e. The van der Waals surface area contributed by atoms with Crippen molar-refractivity contribution in [2.45, 2.75) is 33.1 Å². The van der Waals surface area contributed by atoms with Crippen LogP contribution in [0.1, 0.15) is 31.7 Å². The highest BCUT2D eigenvalue weighted by molar-refractivity contribution is 5.97. The van der Waals surface area contributed by atoms with E-state index in [9.17, 15) is 4.79 Å². The molecule has 1 aromatic rings. The number of nitrogens with zero attached hydrogens (tertiary/aromatic N) is 1. The average Bonchev–Trinajstić information content (AvgIpc) is 2.47. The number of hydrogen-bond donors (Lipinski definition) is 1. The van der Waals surface area contributed by atoms with Gasteiger partial charge >= 0.3 is 0 Å². The molecule has 0 aromatic heterocycles. The number of rotatable bonds is 3. The van der Waals surface area contributed by atoms with Crippen molar-refractivity contribution in [3.63, 3.8) is 0 Å². The van der Waals surface area contributed by atoms with Crippen molar-refractivity contribution in [2.24, 2.45) is 5.41 Å². The van der Waals surface area contributed by atoms with E-state index in [0.717, 1.165) is 38.0 Å². The molecule has 1 heterocycles. The van der Waals surface area contributed by atoms with Crippen LogP contribution < -0.4 is 10.2 Å². The zero-order valence-electron chi connectivity index (χ0n) is 12.2. The number of hydrogen-bond acceptors (Lipinski definition) is 2. The minimum atomic E-state index is -0.176. The SMILES string of the molecule is CCC1(C(=O)N(C)c2ccc(C)cc2)CCNCC1. The summed E-state index contributed by atoms with van der Waals surface area (Å²) in [5.41, 5.74) is 2.03. The highest BCUT2D eigenvalue weighted by Gasteiger charge is 2.39. The van der Waals surface area contributed by atoms with E-state index in [1.54, 1.807) is 0 Å². The third kappa shape index (κ3) is 2.81. The van der Waals surface area contributed by atoms with Crippen LogP contribution in [0, 0.1) is 12.3 Å². The Morgan fingerprint density at radius 2 is 1.84 bits per heavy atom. The van der Waals surface area contributed by atoms with Crippen molar-refractivity contribution in [2.75, 3.05) is 25.0 Å². The Balaban J connectivity index is 2.19. The number of anilines is 1. The molecule has 1 aliphatic rings. The van der Waals surface area contributed by atoms with E-state index in [4.69, 9.17) is 0 Å². The van der Waals surface area contributed by atoms with Crippen LogP contribution >= 0.6 is 0 Å². The predicted molar refractivity (Wildman–Crippen MR) is 79.4 cm³/mol.